The van der Waals surface area contributed by atoms with Gasteiger partial charge in [0, 0.05) is 0 Å². The minimum Gasteiger partial charge on any atom is -0.493 e. The summed E-state index contributed by atoms with van der Waals surface area (Å²) in [6.07, 6.45) is 2.50. The molecular weight excluding hydrogens is 308 g/mol. The third-order valence-electron chi connectivity index (χ3n) is 3.37. The van der Waals surface area contributed by atoms with Gasteiger partial charge in [-0.3, -0.25) is 4.89 Å². The molecule has 0 aromatic heterocycles. The molecule has 0 aliphatic rings. The van der Waals surface area contributed by atoms with Crippen LogP contribution in [0, 0.1) is 0 Å². The molecule has 2 rings (SSSR count). The minimum atomic E-state index is -0.421. The van der Waals surface area contributed by atoms with E-state index in [1.165, 1.54) is 7.11 Å². The number of rotatable bonds is 8. The second kappa shape index (κ2) is 8.74. The molecule has 0 atom stereocenters. The van der Waals surface area contributed by atoms with Gasteiger partial charge in [-0.1, -0.05) is 30.9 Å². The Morgan fingerprint density at radius 2 is 1.83 bits per heavy atom. The predicted octanol–water partition coefficient (Wildman–Crippen LogP) is 4.17. The number of benzene rings is 2. The molecule has 24 heavy (non-hydrogen) atoms. The first kappa shape index (κ1) is 17.6. The molecular formula is C19H20O5. The van der Waals surface area contributed by atoms with Crippen LogP contribution in [-0.2, 0) is 21.0 Å². The largest absolute Gasteiger partial charge is 0.493 e. The highest BCUT2D eigenvalue weighted by molar-refractivity contribution is 5.69. The standard InChI is InChI=1S/C19H20O5/c1-4-14-5-9-16(10-6-14)23-18-13-15(7-11-17(18)21-2)8-12-19(20)24-22-3/h4-7,9-11,13H,1,8,12H2,2-3H3. The summed E-state index contributed by atoms with van der Waals surface area (Å²) in [6, 6.07) is 13.1. The summed E-state index contributed by atoms with van der Waals surface area (Å²) < 4.78 is 11.2. The van der Waals surface area contributed by atoms with Crippen molar-refractivity contribution in [1.29, 1.82) is 0 Å². The zero-order valence-electron chi connectivity index (χ0n) is 13.8. The van der Waals surface area contributed by atoms with Crippen molar-refractivity contribution in [2.75, 3.05) is 14.2 Å². The van der Waals surface area contributed by atoms with Crippen molar-refractivity contribution < 1.29 is 24.0 Å². The Labute approximate surface area is 141 Å². The van der Waals surface area contributed by atoms with Crippen molar-refractivity contribution in [2.24, 2.45) is 0 Å². The van der Waals surface area contributed by atoms with Crippen LogP contribution in [-0.4, -0.2) is 20.2 Å². The Morgan fingerprint density at radius 3 is 2.46 bits per heavy atom. The van der Waals surface area contributed by atoms with E-state index in [-0.39, 0.29) is 6.42 Å². The molecule has 0 fully saturated rings. The highest BCUT2D eigenvalue weighted by Gasteiger charge is 2.10. The van der Waals surface area contributed by atoms with Crippen molar-refractivity contribution >= 4 is 12.0 Å². The zero-order valence-corrected chi connectivity index (χ0v) is 13.8. The molecule has 0 aliphatic carbocycles. The molecule has 2 aromatic carbocycles. The van der Waals surface area contributed by atoms with Crippen LogP contribution in [0.25, 0.3) is 6.08 Å². The molecule has 0 spiro atoms. The van der Waals surface area contributed by atoms with E-state index in [1.54, 1.807) is 13.2 Å². The first-order valence-corrected chi connectivity index (χ1v) is 7.47. The molecule has 2 aromatic rings. The number of carbonyl (C=O) groups excluding carboxylic acids is 1. The lowest BCUT2D eigenvalue weighted by atomic mass is 10.1. The van der Waals surface area contributed by atoms with Gasteiger partial charge in [-0.2, -0.15) is 4.89 Å². The number of methoxy groups -OCH3 is 1. The molecule has 0 bridgehead atoms. The summed E-state index contributed by atoms with van der Waals surface area (Å²) in [4.78, 5) is 20.2. The number of hydrogen-bond donors (Lipinski definition) is 0. The Bertz CT molecular complexity index is 691. The van der Waals surface area contributed by atoms with Crippen molar-refractivity contribution in [3.8, 4) is 17.2 Å². The zero-order chi connectivity index (χ0) is 17.4. The summed E-state index contributed by atoms with van der Waals surface area (Å²) >= 11 is 0. The van der Waals surface area contributed by atoms with Gasteiger partial charge in [0.25, 0.3) is 0 Å². The quantitative estimate of drug-likeness (QED) is 0.538. The smallest absolute Gasteiger partial charge is 0.342 e. The third-order valence-corrected chi connectivity index (χ3v) is 3.37. The Morgan fingerprint density at radius 1 is 1.08 bits per heavy atom. The van der Waals surface area contributed by atoms with Crippen molar-refractivity contribution in [3.63, 3.8) is 0 Å². The maximum absolute atomic E-state index is 11.4. The maximum Gasteiger partial charge on any atom is 0.342 e. The Hall–Kier alpha value is -2.79. The highest BCUT2D eigenvalue weighted by atomic mass is 17.2. The van der Waals surface area contributed by atoms with Gasteiger partial charge in [-0.05, 0) is 41.8 Å². The Balaban J connectivity index is 2.12. The fourth-order valence-corrected chi connectivity index (χ4v) is 2.14. The monoisotopic (exact) mass is 328 g/mol. The number of hydrogen-bond acceptors (Lipinski definition) is 5. The van der Waals surface area contributed by atoms with Crippen LogP contribution in [0.4, 0.5) is 0 Å². The molecule has 0 radical (unpaired) electrons. The van der Waals surface area contributed by atoms with Gasteiger partial charge in [-0.25, -0.2) is 4.79 Å². The molecule has 0 saturated carbocycles. The van der Waals surface area contributed by atoms with Gasteiger partial charge >= 0.3 is 5.97 Å². The van der Waals surface area contributed by atoms with E-state index in [0.29, 0.717) is 23.7 Å². The lowest BCUT2D eigenvalue weighted by molar-refractivity contribution is -0.254. The molecule has 0 aliphatic heterocycles. The molecule has 0 unspecified atom stereocenters. The van der Waals surface area contributed by atoms with Crippen LogP contribution in [0.5, 0.6) is 17.2 Å². The number of carbonyl (C=O) groups is 1. The molecule has 0 saturated heterocycles. The van der Waals surface area contributed by atoms with E-state index < -0.39 is 5.97 Å². The topological polar surface area (TPSA) is 54.0 Å². The minimum absolute atomic E-state index is 0.216. The van der Waals surface area contributed by atoms with Crippen LogP contribution >= 0.6 is 0 Å². The lowest BCUT2D eigenvalue weighted by Gasteiger charge is -2.12. The molecule has 5 heteroatoms. The number of aryl methyl sites for hydroxylation is 1. The van der Waals surface area contributed by atoms with Crippen LogP contribution < -0.4 is 9.47 Å². The fraction of sp³-hybridized carbons (Fsp3) is 0.211. The SMILES string of the molecule is C=Cc1ccc(Oc2cc(CCC(=O)OOC)ccc2OC)cc1. The molecule has 0 heterocycles. The van der Waals surface area contributed by atoms with Crippen LogP contribution in [0.15, 0.2) is 49.0 Å². The number of ether oxygens (including phenoxy) is 2. The van der Waals surface area contributed by atoms with E-state index in [1.807, 2.05) is 42.5 Å². The lowest BCUT2D eigenvalue weighted by Crippen LogP contribution is -2.04. The van der Waals surface area contributed by atoms with Gasteiger partial charge in [0.05, 0.1) is 20.6 Å². The van der Waals surface area contributed by atoms with Gasteiger partial charge in [0.1, 0.15) is 5.75 Å². The summed E-state index contributed by atoms with van der Waals surface area (Å²) in [6.45, 7) is 3.72. The second-order valence-corrected chi connectivity index (χ2v) is 4.98. The molecule has 0 N–H and O–H groups in total. The van der Waals surface area contributed by atoms with Crippen LogP contribution in [0.2, 0.25) is 0 Å². The first-order valence-electron chi connectivity index (χ1n) is 7.47. The summed E-state index contributed by atoms with van der Waals surface area (Å²) in [5, 5.41) is 0. The van der Waals surface area contributed by atoms with Gasteiger partial charge in [-0.15, -0.1) is 0 Å². The average molecular weight is 328 g/mol. The van der Waals surface area contributed by atoms with E-state index in [2.05, 4.69) is 16.4 Å². The van der Waals surface area contributed by atoms with Gasteiger partial charge < -0.3 is 9.47 Å². The van der Waals surface area contributed by atoms with Crippen LogP contribution in [0.3, 0.4) is 0 Å². The predicted molar refractivity (Wildman–Crippen MR) is 91.0 cm³/mol. The van der Waals surface area contributed by atoms with Crippen molar-refractivity contribution in [3.05, 3.63) is 60.2 Å². The molecule has 126 valence electrons. The molecule has 5 nitrogen and oxygen atoms in total. The van der Waals surface area contributed by atoms with E-state index in [9.17, 15) is 4.79 Å². The third kappa shape index (κ3) is 4.86. The molecule has 0 amide bonds. The summed E-state index contributed by atoms with van der Waals surface area (Å²) in [5.41, 5.74) is 1.95. The van der Waals surface area contributed by atoms with Crippen LogP contribution in [0.1, 0.15) is 17.5 Å². The van der Waals surface area contributed by atoms with E-state index >= 15 is 0 Å². The normalized spacial score (nSPS) is 10.1. The van der Waals surface area contributed by atoms with E-state index in [4.69, 9.17) is 9.47 Å². The first-order chi connectivity index (χ1) is 11.7. The fourth-order valence-electron chi connectivity index (χ4n) is 2.14. The Kier molecular flexibility index (Phi) is 6.40. The second-order valence-electron chi connectivity index (χ2n) is 4.98. The average Bonchev–Trinajstić information content (AvgIpc) is 2.61. The van der Waals surface area contributed by atoms with Crippen molar-refractivity contribution in [1.82, 2.24) is 0 Å². The highest BCUT2D eigenvalue weighted by Crippen LogP contribution is 2.33. The van der Waals surface area contributed by atoms with Crippen molar-refractivity contribution in [2.45, 2.75) is 12.8 Å². The van der Waals surface area contributed by atoms with Gasteiger partial charge in [0.15, 0.2) is 11.5 Å². The summed E-state index contributed by atoms with van der Waals surface area (Å²) in [7, 11) is 2.88. The maximum atomic E-state index is 11.4. The van der Waals surface area contributed by atoms with Gasteiger partial charge in [0.2, 0.25) is 0 Å². The summed E-state index contributed by atoms with van der Waals surface area (Å²) in [5.74, 6) is 1.47. The van der Waals surface area contributed by atoms with E-state index in [0.717, 1.165) is 11.1 Å².